The van der Waals surface area contributed by atoms with Crippen LogP contribution in [-0.4, -0.2) is 35.8 Å². The van der Waals surface area contributed by atoms with Gasteiger partial charge in [-0.15, -0.1) is 0 Å². The van der Waals surface area contributed by atoms with E-state index in [9.17, 15) is 9.59 Å². The number of urea groups is 1. The maximum Gasteiger partial charge on any atom is 0.414 e. The third kappa shape index (κ3) is 3.42. The maximum atomic E-state index is 11.9. The molecule has 2 aromatic rings. The van der Waals surface area contributed by atoms with Gasteiger partial charge in [-0.25, -0.2) is 14.6 Å². The number of hydrogen-bond donors (Lipinski definition) is 3. The first-order chi connectivity index (χ1) is 11.8. The van der Waals surface area contributed by atoms with Gasteiger partial charge in [-0.05, 0) is 44.4 Å². The summed E-state index contributed by atoms with van der Waals surface area (Å²) in [6, 6.07) is 4.91. The molecule has 1 saturated heterocycles. The number of pyridine rings is 1. The van der Waals surface area contributed by atoms with Crippen LogP contribution >= 0.6 is 0 Å². The van der Waals surface area contributed by atoms with Gasteiger partial charge in [-0.1, -0.05) is 0 Å². The van der Waals surface area contributed by atoms with Gasteiger partial charge in [0.15, 0.2) is 0 Å². The zero-order chi connectivity index (χ0) is 18.1. The zero-order valence-corrected chi connectivity index (χ0v) is 14.4. The number of nitrogens with zero attached hydrogens (tertiary/aromatic N) is 2. The Labute approximate surface area is 145 Å². The molecule has 0 bridgehead atoms. The van der Waals surface area contributed by atoms with Crippen molar-refractivity contribution >= 4 is 40.1 Å². The van der Waals surface area contributed by atoms with Crippen LogP contribution in [0.2, 0.25) is 0 Å². The molecule has 3 rings (SSSR count). The van der Waals surface area contributed by atoms with E-state index in [-0.39, 0.29) is 18.1 Å². The molecule has 2 heterocycles. The Kier molecular flexibility index (Phi) is 4.35. The molecule has 1 atom stereocenters. The highest BCUT2D eigenvalue weighted by molar-refractivity contribution is 6.01. The smallest absolute Gasteiger partial charge is 0.414 e. The number of carbonyl (C=O) groups excluding carboxylic acids is 2. The van der Waals surface area contributed by atoms with Gasteiger partial charge in [0.1, 0.15) is 12.4 Å². The third-order valence-corrected chi connectivity index (χ3v) is 3.88. The average Bonchev–Trinajstić information content (AvgIpc) is 2.85. The fourth-order valence-corrected chi connectivity index (χ4v) is 2.77. The topological polar surface area (TPSA) is 110 Å². The summed E-state index contributed by atoms with van der Waals surface area (Å²) in [4.78, 5) is 29.5. The fraction of sp³-hybridized carbons (Fsp3) is 0.353. The van der Waals surface area contributed by atoms with Gasteiger partial charge in [0.25, 0.3) is 0 Å². The highest BCUT2D eigenvalue weighted by atomic mass is 16.6. The zero-order valence-electron chi connectivity index (χ0n) is 14.4. The van der Waals surface area contributed by atoms with E-state index < -0.39 is 6.09 Å². The molecular weight excluding hydrogens is 322 g/mol. The largest absolute Gasteiger partial charge is 0.447 e. The fourth-order valence-electron chi connectivity index (χ4n) is 2.77. The number of carbonyl (C=O) groups is 2. The predicted molar refractivity (Wildman–Crippen MR) is 96.7 cm³/mol. The van der Waals surface area contributed by atoms with Gasteiger partial charge in [0, 0.05) is 23.3 Å². The lowest BCUT2D eigenvalue weighted by Crippen LogP contribution is -2.34. The Bertz CT molecular complexity index is 836. The van der Waals surface area contributed by atoms with Crippen LogP contribution in [-0.2, 0) is 4.74 Å². The van der Waals surface area contributed by atoms with Crippen molar-refractivity contribution in [3.8, 4) is 0 Å². The third-order valence-electron chi connectivity index (χ3n) is 3.88. The van der Waals surface area contributed by atoms with Gasteiger partial charge in [0.2, 0.25) is 0 Å². The number of benzene rings is 1. The molecule has 25 heavy (non-hydrogen) atoms. The van der Waals surface area contributed by atoms with E-state index in [1.54, 1.807) is 23.2 Å². The van der Waals surface area contributed by atoms with Gasteiger partial charge >= 0.3 is 12.1 Å². The Hall–Kier alpha value is -3.03. The number of cyclic esters (lactones) is 1. The minimum absolute atomic E-state index is 0.0189. The molecule has 1 aliphatic heterocycles. The normalized spacial score (nSPS) is 17.0. The SMILES string of the molecule is CC(C)NC(=O)Nc1cc2cc(N3C(=O)OCC3C)cc(N)c2cn1. The Morgan fingerprint density at radius 3 is 2.80 bits per heavy atom. The van der Waals surface area contributed by atoms with Crippen LogP contribution in [0.5, 0.6) is 0 Å². The minimum Gasteiger partial charge on any atom is -0.447 e. The van der Waals surface area contributed by atoms with E-state index in [4.69, 9.17) is 10.5 Å². The summed E-state index contributed by atoms with van der Waals surface area (Å²) in [5.74, 6) is 0.402. The predicted octanol–water partition coefficient (Wildman–Crippen LogP) is 2.69. The van der Waals surface area contributed by atoms with Crippen molar-refractivity contribution in [1.82, 2.24) is 10.3 Å². The highest BCUT2D eigenvalue weighted by Gasteiger charge is 2.31. The lowest BCUT2D eigenvalue weighted by atomic mass is 10.1. The summed E-state index contributed by atoms with van der Waals surface area (Å²) in [6.07, 6.45) is 1.21. The highest BCUT2D eigenvalue weighted by Crippen LogP contribution is 2.31. The first-order valence-electron chi connectivity index (χ1n) is 8.08. The second-order valence-corrected chi connectivity index (χ2v) is 6.37. The molecule has 1 unspecified atom stereocenters. The maximum absolute atomic E-state index is 11.9. The van der Waals surface area contributed by atoms with Crippen LogP contribution in [0.25, 0.3) is 10.8 Å². The summed E-state index contributed by atoms with van der Waals surface area (Å²) in [5.41, 5.74) is 7.28. The first-order valence-corrected chi connectivity index (χ1v) is 8.08. The van der Waals surface area contributed by atoms with Gasteiger partial charge in [-0.3, -0.25) is 10.2 Å². The number of aromatic nitrogens is 1. The minimum atomic E-state index is -0.394. The molecule has 0 spiro atoms. The number of nitrogen functional groups attached to an aromatic ring is 1. The molecule has 0 radical (unpaired) electrons. The molecule has 8 nitrogen and oxygen atoms in total. The number of nitrogens with one attached hydrogen (secondary N) is 2. The number of ether oxygens (including phenoxy) is 1. The average molecular weight is 343 g/mol. The lowest BCUT2D eigenvalue weighted by Gasteiger charge is -2.19. The van der Waals surface area contributed by atoms with Gasteiger partial charge < -0.3 is 15.8 Å². The van der Waals surface area contributed by atoms with Crippen molar-refractivity contribution in [2.75, 3.05) is 22.6 Å². The molecule has 1 aliphatic rings. The molecule has 1 fully saturated rings. The van der Waals surface area contributed by atoms with Crippen molar-refractivity contribution in [2.24, 2.45) is 0 Å². The molecule has 1 aromatic carbocycles. The van der Waals surface area contributed by atoms with E-state index >= 15 is 0 Å². The summed E-state index contributed by atoms with van der Waals surface area (Å²) in [5, 5.41) is 6.94. The van der Waals surface area contributed by atoms with Crippen LogP contribution in [0, 0.1) is 0 Å². The second kappa shape index (κ2) is 6.46. The molecule has 0 aliphatic carbocycles. The summed E-state index contributed by atoms with van der Waals surface area (Å²) >= 11 is 0. The van der Waals surface area contributed by atoms with Crippen molar-refractivity contribution in [3.63, 3.8) is 0 Å². The van der Waals surface area contributed by atoms with E-state index in [2.05, 4.69) is 15.6 Å². The molecular formula is C17H21N5O3. The number of rotatable bonds is 3. The monoisotopic (exact) mass is 343 g/mol. The first kappa shape index (κ1) is 16.8. The Morgan fingerprint density at radius 2 is 2.16 bits per heavy atom. The molecule has 0 saturated carbocycles. The molecule has 4 N–H and O–H groups in total. The van der Waals surface area contributed by atoms with E-state index in [1.807, 2.05) is 26.8 Å². The Balaban J connectivity index is 1.95. The van der Waals surface area contributed by atoms with Crippen molar-refractivity contribution in [2.45, 2.75) is 32.9 Å². The number of nitrogens with two attached hydrogens (primary N) is 1. The molecule has 3 amide bonds. The van der Waals surface area contributed by atoms with Crippen LogP contribution in [0.3, 0.4) is 0 Å². The number of anilines is 3. The molecule has 132 valence electrons. The lowest BCUT2D eigenvalue weighted by molar-refractivity contribution is 0.179. The van der Waals surface area contributed by atoms with Crippen LogP contribution < -0.4 is 21.3 Å². The van der Waals surface area contributed by atoms with Crippen LogP contribution in [0.4, 0.5) is 26.8 Å². The van der Waals surface area contributed by atoms with E-state index in [1.165, 1.54) is 0 Å². The van der Waals surface area contributed by atoms with Crippen LogP contribution in [0.15, 0.2) is 24.4 Å². The van der Waals surface area contributed by atoms with Crippen molar-refractivity contribution in [1.29, 1.82) is 0 Å². The van der Waals surface area contributed by atoms with Crippen LogP contribution in [0.1, 0.15) is 20.8 Å². The van der Waals surface area contributed by atoms with E-state index in [0.717, 1.165) is 10.8 Å². The number of fused-ring (bicyclic) bond motifs is 1. The quantitative estimate of drug-likeness (QED) is 0.742. The van der Waals surface area contributed by atoms with Gasteiger partial charge in [0.05, 0.1) is 11.7 Å². The summed E-state index contributed by atoms with van der Waals surface area (Å²) in [6.45, 7) is 5.99. The summed E-state index contributed by atoms with van der Waals surface area (Å²) in [7, 11) is 0. The van der Waals surface area contributed by atoms with E-state index in [0.29, 0.717) is 23.8 Å². The summed E-state index contributed by atoms with van der Waals surface area (Å²) < 4.78 is 5.07. The Morgan fingerprint density at radius 1 is 1.40 bits per heavy atom. The van der Waals surface area contributed by atoms with Gasteiger partial charge in [-0.2, -0.15) is 0 Å². The number of amides is 3. The standard InChI is InChI=1S/C17H21N5O3/c1-9(2)20-16(23)21-15-5-11-4-12(6-14(18)13(11)7-19-15)22-10(3)8-25-17(22)24/h4-7,9-10H,8,18H2,1-3H3,(H2,19,20,21,23). The molecule has 8 heteroatoms. The molecule has 1 aromatic heterocycles. The van der Waals surface area contributed by atoms with Crippen molar-refractivity contribution in [3.05, 3.63) is 24.4 Å². The number of hydrogen-bond acceptors (Lipinski definition) is 5. The van der Waals surface area contributed by atoms with Crippen molar-refractivity contribution < 1.29 is 14.3 Å². The second-order valence-electron chi connectivity index (χ2n) is 6.37.